The fourth-order valence-corrected chi connectivity index (χ4v) is 2.83. The van der Waals surface area contributed by atoms with Crippen LogP contribution in [0.3, 0.4) is 0 Å². The molecule has 3 aromatic rings. The van der Waals surface area contributed by atoms with E-state index in [1.165, 1.54) is 0 Å². The van der Waals surface area contributed by atoms with Crippen LogP contribution < -0.4 is 14.8 Å². The Morgan fingerprint density at radius 2 is 1.88 bits per heavy atom. The van der Waals surface area contributed by atoms with E-state index in [4.69, 9.17) is 21.7 Å². The van der Waals surface area contributed by atoms with Gasteiger partial charge in [0.2, 0.25) is 0 Å². The predicted octanol–water partition coefficient (Wildman–Crippen LogP) is 2.94. The van der Waals surface area contributed by atoms with Gasteiger partial charge in [-0.25, -0.2) is 0 Å². The number of hydrogen-bond acceptors (Lipinski definition) is 5. The van der Waals surface area contributed by atoms with Crippen LogP contribution in [0.2, 0.25) is 0 Å². The minimum absolute atomic E-state index is 0.191. The predicted molar refractivity (Wildman–Crippen MR) is 105 cm³/mol. The number of hydrogen-bond donors (Lipinski definition) is 4. The summed E-state index contributed by atoms with van der Waals surface area (Å²) in [6.45, 7) is 3.82. The third-order valence-electron chi connectivity index (χ3n) is 3.95. The Kier molecular flexibility index (Phi) is 6.27. The Morgan fingerprint density at radius 3 is 2.73 bits per heavy atom. The first-order chi connectivity index (χ1) is 12.6. The van der Waals surface area contributed by atoms with Gasteiger partial charge in [0, 0.05) is 13.1 Å². The molecule has 7 heteroatoms. The van der Waals surface area contributed by atoms with Crippen LogP contribution in [0, 0.1) is 11.7 Å². The van der Waals surface area contributed by atoms with Crippen molar-refractivity contribution in [2.75, 3.05) is 26.3 Å². The molecule has 0 aliphatic rings. The van der Waals surface area contributed by atoms with Crippen molar-refractivity contribution in [2.45, 2.75) is 13.0 Å². The molecule has 1 unspecified atom stereocenters. The summed E-state index contributed by atoms with van der Waals surface area (Å²) in [6.07, 6.45) is -0.620. The molecule has 0 saturated heterocycles. The van der Waals surface area contributed by atoms with Gasteiger partial charge in [-0.1, -0.05) is 24.3 Å². The number of aliphatic hydroxyl groups is 1. The van der Waals surface area contributed by atoms with E-state index in [0.717, 1.165) is 22.3 Å². The molecule has 138 valence electrons. The minimum atomic E-state index is -0.620. The zero-order valence-electron chi connectivity index (χ0n) is 14.6. The van der Waals surface area contributed by atoms with E-state index in [1.807, 2.05) is 49.4 Å². The lowest BCUT2D eigenvalue weighted by Crippen LogP contribution is -2.33. The van der Waals surface area contributed by atoms with Gasteiger partial charge in [0.15, 0.2) is 4.77 Å². The van der Waals surface area contributed by atoms with E-state index in [0.29, 0.717) is 30.2 Å². The normalized spacial score (nSPS) is 12.2. The van der Waals surface area contributed by atoms with Gasteiger partial charge in [-0.05, 0) is 42.9 Å². The number of ether oxygens (including phenoxy) is 2. The van der Waals surface area contributed by atoms with Gasteiger partial charge >= 0.3 is 0 Å². The van der Waals surface area contributed by atoms with Crippen LogP contribution in [0.5, 0.6) is 11.5 Å². The summed E-state index contributed by atoms with van der Waals surface area (Å²) < 4.78 is 12.0. The second kappa shape index (κ2) is 8.84. The van der Waals surface area contributed by atoms with Crippen LogP contribution >= 0.6 is 12.2 Å². The Hall–Kier alpha value is -2.35. The molecule has 0 spiro atoms. The summed E-state index contributed by atoms with van der Waals surface area (Å²) in [5.41, 5.74) is 2.80. The molecule has 3 rings (SSSR count). The molecule has 0 bridgehead atoms. The topological polar surface area (TPSA) is 82.3 Å². The summed E-state index contributed by atoms with van der Waals surface area (Å²) in [4.78, 5) is 6.09. The molecule has 1 atom stereocenters. The van der Waals surface area contributed by atoms with Crippen molar-refractivity contribution in [3.8, 4) is 11.5 Å². The molecule has 1 heterocycles. The Labute approximate surface area is 157 Å². The number of fused-ring (bicyclic) bond motifs is 1. The summed E-state index contributed by atoms with van der Waals surface area (Å²) in [6, 6.07) is 13.5. The number of H-pyrrole nitrogens is 2. The van der Waals surface area contributed by atoms with Crippen LogP contribution in [0.4, 0.5) is 0 Å². The monoisotopic (exact) mass is 373 g/mol. The van der Waals surface area contributed by atoms with E-state index < -0.39 is 6.10 Å². The zero-order chi connectivity index (χ0) is 18.4. The van der Waals surface area contributed by atoms with Crippen molar-refractivity contribution < 1.29 is 14.6 Å². The highest BCUT2D eigenvalue weighted by molar-refractivity contribution is 7.71. The molecular formula is C19H23N3O3S. The van der Waals surface area contributed by atoms with E-state index in [2.05, 4.69) is 15.3 Å². The molecule has 0 fully saturated rings. The summed E-state index contributed by atoms with van der Waals surface area (Å²) >= 11 is 5.10. The van der Waals surface area contributed by atoms with Crippen molar-refractivity contribution in [3.63, 3.8) is 0 Å². The van der Waals surface area contributed by atoms with E-state index >= 15 is 0 Å². The number of rotatable bonds is 9. The largest absolute Gasteiger partial charge is 0.492 e. The number of imidazole rings is 1. The lowest BCUT2D eigenvalue weighted by atomic mass is 10.2. The molecule has 26 heavy (non-hydrogen) atoms. The van der Waals surface area contributed by atoms with Gasteiger partial charge in [0.1, 0.15) is 36.3 Å². The molecular weight excluding hydrogens is 350 g/mol. The molecule has 0 aliphatic carbocycles. The van der Waals surface area contributed by atoms with Crippen LogP contribution in [0.15, 0.2) is 42.5 Å². The minimum Gasteiger partial charge on any atom is -0.492 e. The van der Waals surface area contributed by atoms with Gasteiger partial charge in [-0.3, -0.25) is 0 Å². The van der Waals surface area contributed by atoms with Crippen LogP contribution in [0.25, 0.3) is 11.0 Å². The van der Waals surface area contributed by atoms with Crippen LogP contribution in [0.1, 0.15) is 5.56 Å². The van der Waals surface area contributed by atoms with Gasteiger partial charge in [-0.15, -0.1) is 0 Å². The van der Waals surface area contributed by atoms with Gasteiger partial charge in [0.05, 0.1) is 5.52 Å². The third kappa shape index (κ3) is 4.85. The summed E-state index contributed by atoms with van der Waals surface area (Å²) in [5, 5.41) is 13.2. The molecule has 2 aromatic carbocycles. The number of aliphatic hydroxyl groups excluding tert-OH is 1. The molecule has 1 aromatic heterocycles. The molecule has 0 saturated carbocycles. The molecule has 0 amide bonds. The highest BCUT2D eigenvalue weighted by Gasteiger charge is 2.08. The van der Waals surface area contributed by atoms with Crippen LogP contribution in [-0.4, -0.2) is 47.5 Å². The van der Waals surface area contributed by atoms with Crippen LogP contribution in [-0.2, 0) is 0 Å². The fraction of sp³-hybridized carbons (Fsp3) is 0.316. The summed E-state index contributed by atoms with van der Waals surface area (Å²) in [5.74, 6) is 1.55. The summed E-state index contributed by atoms with van der Waals surface area (Å²) in [7, 11) is 0. The smallest absolute Gasteiger partial charge is 0.175 e. The Morgan fingerprint density at radius 1 is 1.08 bits per heavy atom. The first-order valence-electron chi connectivity index (χ1n) is 8.54. The number of aromatic amines is 2. The van der Waals surface area contributed by atoms with Crippen molar-refractivity contribution in [1.82, 2.24) is 15.3 Å². The van der Waals surface area contributed by atoms with Crippen molar-refractivity contribution in [1.29, 1.82) is 0 Å². The first-order valence-corrected chi connectivity index (χ1v) is 8.95. The quantitative estimate of drug-likeness (QED) is 0.342. The maximum absolute atomic E-state index is 10.1. The number of nitrogens with one attached hydrogen (secondary N) is 3. The van der Waals surface area contributed by atoms with E-state index in [9.17, 15) is 5.11 Å². The Bertz CT molecular complexity index is 906. The Balaban J connectivity index is 1.38. The molecule has 0 aliphatic heterocycles. The SMILES string of the molecule is Cc1ccccc1OCCNCC(O)COc1cccc2[nH]c(=S)[nH]c12. The number of para-hydroxylation sites is 2. The van der Waals surface area contributed by atoms with E-state index in [1.54, 1.807) is 0 Å². The lowest BCUT2D eigenvalue weighted by molar-refractivity contribution is 0.106. The van der Waals surface area contributed by atoms with Crippen molar-refractivity contribution in [3.05, 3.63) is 52.8 Å². The highest BCUT2D eigenvalue weighted by atomic mass is 32.1. The second-order valence-electron chi connectivity index (χ2n) is 6.04. The number of aromatic nitrogens is 2. The fourth-order valence-electron chi connectivity index (χ4n) is 2.62. The lowest BCUT2D eigenvalue weighted by Gasteiger charge is -2.14. The van der Waals surface area contributed by atoms with Crippen molar-refractivity contribution >= 4 is 23.3 Å². The number of aryl methyl sites for hydroxylation is 1. The standard InChI is InChI=1S/C19H23N3O3S/c1-13-5-2-3-7-16(13)24-10-9-20-11-14(23)12-25-17-8-4-6-15-18(17)22-19(26)21-15/h2-8,14,20,23H,9-12H2,1H3,(H2,21,22,26). The van der Waals surface area contributed by atoms with Gasteiger partial charge in [-0.2, -0.15) is 0 Å². The average Bonchev–Trinajstić information content (AvgIpc) is 3.02. The average molecular weight is 373 g/mol. The maximum atomic E-state index is 10.1. The molecule has 6 nitrogen and oxygen atoms in total. The van der Waals surface area contributed by atoms with E-state index in [-0.39, 0.29) is 6.61 Å². The zero-order valence-corrected chi connectivity index (χ0v) is 15.4. The second-order valence-corrected chi connectivity index (χ2v) is 6.45. The highest BCUT2D eigenvalue weighted by Crippen LogP contribution is 2.22. The molecule has 0 radical (unpaired) electrons. The maximum Gasteiger partial charge on any atom is 0.175 e. The first kappa shape index (κ1) is 18.4. The van der Waals surface area contributed by atoms with Crippen molar-refractivity contribution in [2.24, 2.45) is 0 Å². The third-order valence-corrected chi connectivity index (χ3v) is 4.16. The molecule has 4 N–H and O–H groups in total. The van der Waals surface area contributed by atoms with Gasteiger partial charge < -0.3 is 29.9 Å². The van der Waals surface area contributed by atoms with Gasteiger partial charge in [0.25, 0.3) is 0 Å². The number of benzene rings is 2.